The molecule has 2 bridgehead atoms. The lowest BCUT2D eigenvalue weighted by Crippen LogP contribution is -2.44. The van der Waals surface area contributed by atoms with Crippen LogP contribution in [0.3, 0.4) is 0 Å². The molecule has 10 heteroatoms. The number of carbonyl (C=O) groups is 1. The zero-order chi connectivity index (χ0) is 24.3. The van der Waals surface area contributed by atoms with E-state index in [2.05, 4.69) is 19.9 Å². The van der Waals surface area contributed by atoms with Crippen LogP contribution in [0.5, 0.6) is 0 Å². The maximum Gasteiger partial charge on any atom is 0.312 e. The van der Waals surface area contributed by atoms with E-state index in [9.17, 15) is 18.7 Å². The molecule has 178 valence electrons. The summed E-state index contributed by atoms with van der Waals surface area (Å²) in [4.78, 5) is 27.8. The molecule has 4 aromatic rings. The van der Waals surface area contributed by atoms with Crippen LogP contribution in [0.4, 0.5) is 19.0 Å². The van der Waals surface area contributed by atoms with Crippen LogP contribution in [0.25, 0.3) is 33.7 Å². The Balaban J connectivity index is 1.57. The summed E-state index contributed by atoms with van der Waals surface area (Å²) in [6, 6.07) is 4.97. The zero-order valence-electron chi connectivity index (χ0n) is 18.3. The minimum Gasteiger partial charge on any atom is -0.481 e. The number of furan rings is 1. The Bertz CT molecular complexity index is 1490. The van der Waals surface area contributed by atoms with E-state index >= 15 is 4.39 Å². The van der Waals surface area contributed by atoms with Crippen LogP contribution < -0.4 is 0 Å². The summed E-state index contributed by atoms with van der Waals surface area (Å²) < 4.78 is 49.3. The van der Waals surface area contributed by atoms with Gasteiger partial charge in [0.2, 0.25) is 0 Å². The lowest BCUT2D eigenvalue weighted by atomic mass is 9.63. The number of hydrogen-bond acceptors (Lipinski definition) is 5. The van der Waals surface area contributed by atoms with Crippen molar-refractivity contribution in [3.8, 4) is 22.8 Å². The minimum absolute atomic E-state index is 0.0266. The van der Waals surface area contributed by atoms with Crippen LogP contribution in [0, 0.1) is 35.2 Å². The van der Waals surface area contributed by atoms with Gasteiger partial charge in [-0.1, -0.05) is 0 Å². The van der Waals surface area contributed by atoms with Crippen LogP contribution in [0.1, 0.15) is 25.7 Å². The summed E-state index contributed by atoms with van der Waals surface area (Å²) in [5.74, 6) is -4.58. The van der Waals surface area contributed by atoms with Crippen LogP contribution in [-0.4, -0.2) is 31.7 Å². The van der Waals surface area contributed by atoms with Gasteiger partial charge in [0, 0.05) is 28.9 Å². The lowest BCUT2D eigenvalue weighted by Gasteiger charge is -2.41. The number of carboxylic acids is 1. The Labute approximate surface area is 196 Å². The number of halogens is 3. The predicted molar refractivity (Wildman–Crippen MR) is 121 cm³/mol. The molecule has 7 nitrogen and oxygen atoms in total. The third-order valence-corrected chi connectivity index (χ3v) is 7.02. The van der Waals surface area contributed by atoms with Crippen molar-refractivity contribution < 1.29 is 27.5 Å². The highest BCUT2D eigenvalue weighted by atomic mass is 19.1. The molecule has 3 aliphatic carbocycles. The highest BCUT2D eigenvalue weighted by Crippen LogP contribution is 2.45. The van der Waals surface area contributed by atoms with Crippen molar-refractivity contribution in [1.29, 1.82) is 0 Å². The highest BCUT2D eigenvalue weighted by Gasteiger charge is 2.45. The molecular weight excluding hydrogens is 461 g/mol. The molecule has 0 amide bonds. The molecule has 35 heavy (non-hydrogen) atoms. The number of benzene rings is 1. The molecule has 1 aromatic carbocycles. The molecule has 0 unspecified atom stereocenters. The average Bonchev–Trinajstić information content (AvgIpc) is 3.51. The van der Waals surface area contributed by atoms with Crippen molar-refractivity contribution in [1.82, 2.24) is 15.0 Å². The summed E-state index contributed by atoms with van der Waals surface area (Å²) in [6.07, 6.45) is 5.94. The molecule has 0 saturated heterocycles. The first kappa shape index (κ1) is 21.6. The number of fused-ring (bicyclic) bond motifs is 4. The number of H-pyrrole nitrogens is 1. The fourth-order valence-electron chi connectivity index (χ4n) is 5.40. The molecule has 0 radical (unpaired) electrons. The van der Waals surface area contributed by atoms with E-state index in [1.54, 1.807) is 6.07 Å². The first-order valence-electron chi connectivity index (χ1n) is 11.3. The van der Waals surface area contributed by atoms with Gasteiger partial charge in [0.15, 0.2) is 23.2 Å². The van der Waals surface area contributed by atoms with Gasteiger partial charge in [0.1, 0.15) is 17.3 Å². The Morgan fingerprint density at radius 3 is 2.66 bits per heavy atom. The Hall–Kier alpha value is -3.95. The second-order valence-electron chi connectivity index (χ2n) is 8.99. The zero-order valence-corrected chi connectivity index (χ0v) is 18.3. The first-order chi connectivity index (χ1) is 16.9. The molecule has 0 aliphatic heterocycles. The molecule has 3 aliphatic rings. The first-order valence-corrected chi connectivity index (χ1v) is 11.3. The van der Waals surface area contributed by atoms with Gasteiger partial charge >= 0.3 is 5.97 Å². The number of rotatable bonds is 4. The smallest absolute Gasteiger partial charge is 0.312 e. The number of carboxylic acid groups (broad SMARTS) is 1. The van der Waals surface area contributed by atoms with Crippen molar-refractivity contribution >= 4 is 28.4 Å². The van der Waals surface area contributed by atoms with Crippen LogP contribution in [-0.2, 0) is 4.79 Å². The monoisotopic (exact) mass is 480 g/mol. The third-order valence-electron chi connectivity index (χ3n) is 7.02. The van der Waals surface area contributed by atoms with Gasteiger partial charge in [-0.25, -0.2) is 28.1 Å². The fourth-order valence-corrected chi connectivity index (χ4v) is 5.40. The number of nitrogens with zero attached hydrogens (tertiary/aromatic N) is 3. The Kier molecular flexibility index (Phi) is 4.98. The van der Waals surface area contributed by atoms with Crippen molar-refractivity contribution in [2.24, 2.45) is 22.7 Å². The van der Waals surface area contributed by atoms with Crippen molar-refractivity contribution in [2.75, 3.05) is 0 Å². The second-order valence-corrected chi connectivity index (χ2v) is 8.99. The minimum atomic E-state index is -0.985. The second kappa shape index (κ2) is 8.07. The van der Waals surface area contributed by atoms with Gasteiger partial charge in [-0.15, -0.1) is 0 Å². The number of aromatic nitrogens is 3. The van der Waals surface area contributed by atoms with E-state index in [1.165, 1.54) is 18.5 Å². The normalized spacial score (nSPS) is 22.8. The number of aliphatic imine (C=N–C) groups is 1. The van der Waals surface area contributed by atoms with Gasteiger partial charge < -0.3 is 14.5 Å². The van der Waals surface area contributed by atoms with Crippen molar-refractivity contribution in [2.45, 2.75) is 25.7 Å². The SMILES string of the molecule is O=C(O)[C@H]1C(=Nc2nc(-c3c[nH]c4c(F)cc(F)cc34)nc(-c3ccco3)c2F)C2CCC1CC2. The van der Waals surface area contributed by atoms with E-state index in [-0.39, 0.29) is 51.4 Å². The number of nitrogens with one attached hydrogen (secondary N) is 1. The largest absolute Gasteiger partial charge is 0.481 e. The Morgan fingerprint density at radius 2 is 1.94 bits per heavy atom. The molecule has 2 N–H and O–H groups in total. The maximum atomic E-state index is 15.7. The Morgan fingerprint density at radius 1 is 1.14 bits per heavy atom. The maximum absolute atomic E-state index is 15.7. The van der Waals surface area contributed by atoms with Gasteiger partial charge in [-0.2, -0.15) is 0 Å². The van der Waals surface area contributed by atoms with E-state index in [0.717, 1.165) is 37.8 Å². The van der Waals surface area contributed by atoms with E-state index < -0.39 is 29.3 Å². The third kappa shape index (κ3) is 3.51. The number of aliphatic carboxylic acids is 1. The molecule has 3 saturated carbocycles. The van der Waals surface area contributed by atoms with E-state index in [1.807, 2.05) is 0 Å². The standard InChI is InChI=1S/C25H19F3N4O3/c26-13-8-14-15(10-29-21(14)16(27)9-13)23-31-22(17-2-1-7-35-17)19(28)24(32-23)30-20-12-5-3-11(4-6-12)18(20)25(33)34/h1-2,7-12,18,29H,3-6H2,(H,33,34)/t11?,12?,18-/m1/s1. The summed E-state index contributed by atoms with van der Waals surface area (Å²) in [5, 5.41) is 10.0. The summed E-state index contributed by atoms with van der Waals surface area (Å²) in [5.41, 5.74) is 0.522. The molecule has 3 heterocycles. The highest BCUT2D eigenvalue weighted by molar-refractivity contribution is 6.05. The average molecular weight is 480 g/mol. The van der Waals surface area contributed by atoms with E-state index in [4.69, 9.17) is 4.42 Å². The molecular formula is C25H19F3N4O3. The molecule has 3 fully saturated rings. The van der Waals surface area contributed by atoms with E-state index in [0.29, 0.717) is 5.71 Å². The molecule has 7 rings (SSSR count). The number of hydrogen-bond donors (Lipinski definition) is 2. The number of aromatic amines is 1. The van der Waals surface area contributed by atoms with Crippen LogP contribution in [0.15, 0.2) is 46.1 Å². The van der Waals surface area contributed by atoms with Crippen molar-refractivity contribution in [3.05, 3.63) is 54.2 Å². The van der Waals surface area contributed by atoms with Gasteiger partial charge in [0.25, 0.3) is 0 Å². The van der Waals surface area contributed by atoms with Gasteiger partial charge in [-0.05, 0) is 55.7 Å². The summed E-state index contributed by atoms with van der Waals surface area (Å²) in [7, 11) is 0. The van der Waals surface area contributed by atoms with Gasteiger partial charge in [-0.3, -0.25) is 4.79 Å². The topological polar surface area (TPSA) is 104 Å². The fraction of sp³-hybridized carbons (Fsp3) is 0.280. The van der Waals surface area contributed by atoms with Gasteiger partial charge in [0.05, 0.1) is 17.7 Å². The predicted octanol–water partition coefficient (Wildman–Crippen LogP) is 5.90. The van der Waals surface area contributed by atoms with Crippen molar-refractivity contribution in [3.63, 3.8) is 0 Å². The molecule has 0 spiro atoms. The lowest BCUT2D eigenvalue weighted by molar-refractivity contribution is -0.142. The molecule has 3 aromatic heterocycles. The molecule has 1 atom stereocenters. The summed E-state index contributed by atoms with van der Waals surface area (Å²) in [6.45, 7) is 0. The van der Waals surface area contributed by atoms with Crippen LogP contribution in [0.2, 0.25) is 0 Å². The summed E-state index contributed by atoms with van der Waals surface area (Å²) >= 11 is 0. The van der Waals surface area contributed by atoms with Crippen LogP contribution >= 0.6 is 0 Å². The quantitative estimate of drug-likeness (QED) is 0.379.